The Labute approximate surface area is 107 Å². The van der Waals surface area contributed by atoms with Crippen LogP contribution in [-0.2, 0) is 0 Å². The van der Waals surface area contributed by atoms with Gasteiger partial charge in [-0.25, -0.2) is 9.97 Å². The van der Waals surface area contributed by atoms with Crippen molar-refractivity contribution >= 4 is 17.4 Å². The predicted molar refractivity (Wildman–Crippen MR) is 70.7 cm³/mol. The second-order valence-electron chi connectivity index (χ2n) is 4.90. The fourth-order valence-electron chi connectivity index (χ4n) is 1.48. The first kappa shape index (κ1) is 12.6. The minimum atomic E-state index is 0.452. The Balaban J connectivity index is 2.00. The summed E-state index contributed by atoms with van der Waals surface area (Å²) in [6, 6.07) is 2.24. The van der Waals surface area contributed by atoms with E-state index in [1.165, 1.54) is 12.8 Å². The molecule has 0 radical (unpaired) electrons. The molecule has 1 fully saturated rings. The van der Waals surface area contributed by atoms with Crippen LogP contribution in [0.3, 0.4) is 0 Å². The Morgan fingerprint density at radius 1 is 1.47 bits per heavy atom. The van der Waals surface area contributed by atoms with Gasteiger partial charge in [-0.05, 0) is 33.9 Å². The highest BCUT2D eigenvalue weighted by Crippen LogP contribution is 2.38. The lowest BCUT2D eigenvalue weighted by Crippen LogP contribution is -2.31. The van der Waals surface area contributed by atoms with Crippen LogP contribution in [0.4, 0.5) is 5.82 Å². The molecule has 5 heteroatoms. The Morgan fingerprint density at radius 2 is 2.18 bits per heavy atom. The lowest BCUT2D eigenvalue weighted by atomic mass is 10.3. The average Bonchev–Trinajstić information content (AvgIpc) is 3.08. The molecule has 1 unspecified atom stereocenters. The largest absolute Gasteiger partial charge is 0.368 e. The summed E-state index contributed by atoms with van der Waals surface area (Å²) >= 11 is 6.00. The molecule has 1 N–H and O–H groups in total. The lowest BCUT2D eigenvalue weighted by Gasteiger charge is -2.20. The molecule has 0 saturated heterocycles. The van der Waals surface area contributed by atoms with Gasteiger partial charge >= 0.3 is 0 Å². The van der Waals surface area contributed by atoms with Crippen molar-refractivity contribution in [2.45, 2.75) is 31.7 Å². The lowest BCUT2D eigenvalue weighted by molar-refractivity contribution is 0.326. The second kappa shape index (κ2) is 5.19. The van der Waals surface area contributed by atoms with Crippen LogP contribution in [0.1, 0.15) is 31.5 Å². The first-order chi connectivity index (χ1) is 8.06. The molecular formula is C12H19ClN4. The van der Waals surface area contributed by atoms with E-state index >= 15 is 0 Å². The molecule has 0 aliphatic heterocycles. The molecule has 1 aromatic rings. The van der Waals surface area contributed by atoms with Gasteiger partial charge < -0.3 is 10.2 Å². The number of hydrogen-bond acceptors (Lipinski definition) is 4. The van der Waals surface area contributed by atoms with E-state index < -0.39 is 0 Å². The molecular weight excluding hydrogens is 236 g/mol. The minimum Gasteiger partial charge on any atom is -0.368 e. The van der Waals surface area contributed by atoms with Crippen molar-refractivity contribution in [1.29, 1.82) is 0 Å². The number of likely N-dealkylation sites (N-methyl/N-ethyl adjacent to an activating group) is 1. The zero-order valence-corrected chi connectivity index (χ0v) is 11.3. The van der Waals surface area contributed by atoms with Crippen molar-refractivity contribution in [1.82, 2.24) is 14.9 Å². The standard InChI is InChI=1S/C12H19ClN4/c1-8(17(2)3)7-14-11-6-10(13)15-12(16-11)9-4-5-9/h6,8-9H,4-5,7H2,1-3H3,(H,14,15,16). The first-order valence-corrected chi connectivity index (χ1v) is 6.39. The normalized spacial score (nSPS) is 17.2. The van der Waals surface area contributed by atoms with Crippen LogP contribution in [0.5, 0.6) is 0 Å². The molecule has 1 aliphatic carbocycles. The zero-order chi connectivity index (χ0) is 12.4. The van der Waals surface area contributed by atoms with E-state index in [1.807, 2.05) is 0 Å². The number of hydrogen-bond donors (Lipinski definition) is 1. The monoisotopic (exact) mass is 254 g/mol. The highest BCUT2D eigenvalue weighted by atomic mass is 35.5. The Bertz CT molecular complexity index is 390. The quantitative estimate of drug-likeness (QED) is 0.819. The fraction of sp³-hybridized carbons (Fsp3) is 0.667. The average molecular weight is 255 g/mol. The van der Waals surface area contributed by atoms with Crippen LogP contribution in [0, 0.1) is 0 Å². The van der Waals surface area contributed by atoms with E-state index in [-0.39, 0.29) is 0 Å². The molecule has 94 valence electrons. The third-order valence-corrected chi connectivity index (χ3v) is 3.31. The summed E-state index contributed by atoms with van der Waals surface area (Å²) in [7, 11) is 4.13. The van der Waals surface area contributed by atoms with E-state index in [2.05, 4.69) is 41.2 Å². The predicted octanol–water partition coefficient (Wildman–Crippen LogP) is 2.37. The molecule has 0 aromatic carbocycles. The second-order valence-corrected chi connectivity index (χ2v) is 5.29. The van der Waals surface area contributed by atoms with Crippen LogP contribution >= 0.6 is 11.6 Å². The SMILES string of the molecule is CC(CNc1cc(Cl)nc(C2CC2)n1)N(C)C. The van der Waals surface area contributed by atoms with Crippen molar-refractivity contribution < 1.29 is 0 Å². The van der Waals surface area contributed by atoms with Gasteiger partial charge in [-0.15, -0.1) is 0 Å². The molecule has 17 heavy (non-hydrogen) atoms. The number of nitrogens with one attached hydrogen (secondary N) is 1. The molecule has 1 saturated carbocycles. The van der Waals surface area contributed by atoms with Gasteiger partial charge in [-0.1, -0.05) is 11.6 Å². The van der Waals surface area contributed by atoms with Gasteiger partial charge in [0, 0.05) is 24.6 Å². The number of halogens is 1. The topological polar surface area (TPSA) is 41.1 Å². The third kappa shape index (κ3) is 3.54. The highest BCUT2D eigenvalue weighted by molar-refractivity contribution is 6.29. The molecule has 0 amide bonds. The van der Waals surface area contributed by atoms with Gasteiger partial charge in [-0.2, -0.15) is 0 Å². The van der Waals surface area contributed by atoms with Crippen LogP contribution in [-0.4, -0.2) is 41.5 Å². The van der Waals surface area contributed by atoms with E-state index in [4.69, 9.17) is 11.6 Å². The fourth-order valence-corrected chi connectivity index (χ4v) is 1.67. The maximum absolute atomic E-state index is 6.00. The van der Waals surface area contributed by atoms with E-state index in [9.17, 15) is 0 Å². The summed E-state index contributed by atoms with van der Waals surface area (Å²) in [5.41, 5.74) is 0. The summed E-state index contributed by atoms with van der Waals surface area (Å²) in [5.74, 6) is 2.25. The van der Waals surface area contributed by atoms with Gasteiger partial charge in [0.2, 0.25) is 0 Å². The van der Waals surface area contributed by atoms with Gasteiger partial charge in [-0.3, -0.25) is 0 Å². The summed E-state index contributed by atoms with van der Waals surface area (Å²) in [5, 5.41) is 3.84. The number of rotatable bonds is 5. The minimum absolute atomic E-state index is 0.452. The molecule has 1 atom stereocenters. The Kier molecular flexibility index (Phi) is 3.84. The number of nitrogens with zero attached hydrogens (tertiary/aromatic N) is 3. The van der Waals surface area contributed by atoms with E-state index in [1.54, 1.807) is 6.07 Å². The van der Waals surface area contributed by atoms with Crippen molar-refractivity contribution in [3.63, 3.8) is 0 Å². The molecule has 4 nitrogen and oxygen atoms in total. The van der Waals surface area contributed by atoms with E-state index in [0.717, 1.165) is 18.2 Å². The molecule has 1 heterocycles. The number of anilines is 1. The highest BCUT2D eigenvalue weighted by Gasteiger charge is 2.27. The maximum Gasteiger partial charge on any atom is 0.135 e. The van der Waals surface area contributed by atoms with Gasteiger partial charge in [0.1, 0.15) is 16.8 Å². The van der Waals surface area contributed by atoms with Crippen LogP contribution < -0.4 is 5.32 Å². The smallest absolute Gasteiger partial charge is 0.135 e. The summed E-state index contributed by atoms with van der Waals surface area (Å²) < 4.78 is 0. The maximum atomic E-state index is 6.00. The van der Waals surface area contributed by atoms with Gasteiger partial charge in [0.05, 0.1) is 0 Å². The molecule has 0 spiro atoms. The van der Waals surface area contributed by atoms with Crippen molar-refractivity contribution in [2.24, 2.45) is 0 Å². The first-order valence-electron chi connectivity index (χ1n) is 6.01. The molecule has 2 rings (SSSR count). The van der Waals surface area contributed by atoms with Crippen LogP contribution in [0.15, 0.2) is 6.07 Å². The van der Waals surface area contributed by atoms with Gasteiger partial charge in [0.15, 0.2) is 0 Å². The summed E-state index contributed by atoms with van der Waals surface area (Å²) in [6.45, 7) is 3.02. The molecule has 1 aromatic heterocycles. The van der Waals surface area contributed by atoms with Gasteiger partial charge in [0.25, 0.3) is 0 Å². The van der Waals surface area contributed by atoms with Crippen LogP contribution in [0.2, 0.25) is 5.15 Å². The van der Waals surface area contributed by atoms with Crippen molar-refractivity contribution in [3.05, 3.63) is 17.0 Å². The molecule has 0 bridgehead atoms. The summed E-state index contributed by atoms with van der Waals surface area (Å²) in [6.07, 6.45) is 2.38. The Hall–Kier alpha value is -0.870. The van der Waals surface area contributed by atoms with Crippen LogP contribution in [0.25, 0.3) is 0 Å². The zero-order valence-electron chi connectivity index (χ0n) is 10.6. The van der Waals surface area contributed by atoms with Crippen molar-refractivity contribution in [3.8, 4) is 0 Å². The number of aromatic nitrogens is 2. The third-order valence-electron chi connectivity index (χ3n) is 3.11. The van der Waals surface area contributed by atoms with E-state index in [0.29, 0.717) is 17.1 Å². The molecule has 1 aliphatic rings. The summed E-state index contributed by atoms with van der Waals surface area (Å²) in [4.78, 5) is 10.9. The van der Waals surface area contributed by atoms with Crippen molar-refractivity contribution in [2.75, 3.05) is 26.0 Å². The Morgan fingerprint density at radius 3 is 2.76 bits per heavy atom.